The van der Waals surface area contributed by atoms with Gasteiger partial charge in [-0.2, -0.15) is 5.10 Å². The van der Waals surface area contributed by atoms with Gasteiger partial charge in [-0.05, 0) is 56.3 Å². The van der Waals surface area contributed by atoms with Gasteiger partial charge in [0.2, 0.25) is 0 Å². The van der Waals surface area contributed by atoms with Gasteiger partial charge in [-0.1, -0.05) is 11.6 Å². The highest BCUT2D eigenvalue weighted by Crippen LogP contribution is 2.25. The van der Waals surface area contributed by atoms with Crippen molar-refractivity contribution in [2.75, 3.05) is 30.4 Å². The summed E-state index contributed by atoms with van der Waals surface area (Å²) in [5.74, 6) is 0.798. The lowest BCUT2D eigenvalue weighted by Gasteiger charge is -2.20. The molecule has 9 heteroatoms. The number of aromatic nitrogens is 3. The van der Waals surface area contributed by atoms with E-state index in [0.717, 1.165) is 36.6 Å². The number of anilines is 2. The predicted molar refractivity (Wildman–Crippen MR) is 125 cm³/mol. The molecule has 1 atom stereocenters. The molecule has 0 aliphatic carbocycles. The number of benzene rings is 1. The molecule has 3 heterocycles. The molecular weight excluding hydrogens is 435 g/mol. The van der Waals surface area contributed by atoms with Gasteiger partial charge in [-0.25, -0.2) is 9.67 Å². The number of rotatable bonds is 6. The third-order valence-corrected chi connectivity index (χ3v) is 5.98. The zero-order valence-electron chi connectivity index (χ0n) is 17.4. The van der Waals surface area contributed by atoms with Crippen LogP contribution in [0.25, 0.3) is 5.69 Å². The summed E-state index contributed by atoms with van der Waals surface area (Å²) in [4.78, 5) is 19.8. The van der Waals surface area contributed by atoms with Gasteiger partial charge in [0.15, 0.2) is 5.69 Å². The Morgan fingerprint density at radius 1 is 1.29 bits per heavy atom. The highest BCUT2D eigenvalue weighted by molar-refractivity contribution is 6.30. The van der Waals surface area contributed by atoms with Crippen molar-refractivity contribution in [2.24, 2.45) is 0 Å². The molecule has 1 amide bonds. The minimum atomic E-state index is -0.325. The van der Waals surface area contributed by atoms with Crippen LogP contribution >= 0.6 is 23.2 Å². The van der Waals surface area contributed by atoms with Crippen LogP contribution in [0.1, 0.15) is 28.0 Å². The van der Waals surface area contributed by atoms with Crippen LogP contribution in [0.3, 0.4) is 0 Å². The first-order chi connectivity index (χ1) is 15.0. The van der Waals surface area contributed by atoms with Gasteiger partial charge in [0, 0.05) is 35.9 Å². The molecule has 1 aliphatic rings. The summed E-state index contributed by atoms with van der Waals surface area (Å²) < 4.78 is 1.63. The van der Waals surface area contributed by atoms with Gasteiger partial charge in [0.1, 0.15) is 5.82 Å². The number of hydrogen-bond donors (Lipinski definition) is 2. The van der Waals surface area contributed by atoms with Crippen LogP contribution < -0.4 is 15.5 Å². The zero-order valence-corrected chi connectivity index (χ0v) is 18.9. The molecule has 1 aromatic carbocycles. The molecule has 162 valence electrons. The molecule has 1 fully saturated rings. The van der Waals surface area contributed by atoms with Crippen molar-refractivity contribution in [1.82, 2.24) is 20.1 Å². The van der Waals surface area contributed by atoms with Gasteiger partial charge in [-0.3, -0.25) is 4.79 Å². The summed E-state index contributed by atoms with van der Waals surface area (Å²) >= 11 is 12.0. The normalized spacial score (nSPS) is 16.0. The number of halogens is 2. The molecule has 0 unspecified atom stereocenters. The van der Waals surface area contributed by atoms with E-state index in [4.69, 9.17) is 23.2 Å². The first-order valence-corrected chi connectivity index (χ1v) is 11.0. The van der Waals surface area contributed by atoms with E-state index >= 15 is 0 Å². The lowest BCUT2D eigenvalue weighted by molar-refractivity contribution is 0.102. The van der Waals surface area contributed by atoms with Gasteiger partial charge in [0.25, 0.3) is 5.91 Å². The molecule has 7 nitrogen and oxygen atoms in total. The van der Waals surface area contributed by atoms with E-state index in [2.05, 4.69) is 25.6 Å². The monoisotopic (exact) mass is 458 g/mol. The van der Waals surface area contributed by atoms with Crippen molar-refractivity contribution < 1.29 is 4.79 Å². The van der Waals surface area contributed by atoms with E-state index in [0.29, 0.717) is 22.3 Å². The number of nitrogens with zero attached hydrogens (tertiary/aromatic N) is 4. The van der Waals surface area contributed by atoms with E-state index in [-0.39, 0.29) is 17.5 Å². The molecule has 0 radical (unpaired) electrons. The SMILES string of the molecule is CN[C@H]1CCN(c2ncc(NC(=O)c3nn(-c4ccc(Cl)cc4)cc3CCl)cc2C)C1. The number of likely N-dealkylation sites (N-methyl/N-ethyl adjacent to an activating group) is 1. The smallest absolute Gasteiger partial charge is 0.276 e. The fourth-order valence-corrected chi connectivity index (χ4v) is 4.09. The van der Waals surface area contributed by atoms with Gasteiger partial charge in [0.05, 0.1) is 23.5 Å². The first kappa shape index (κ1) is 21.6. The summed E-state index contributed by atoms with van der Waals surface area (Å²) in [6.45, 7) is 3.90. The Morgan fingerprint density at radius 3 is 2.71 bits per heavy atom. The third-order valence-electron chi connectivity index (χ3n) is 5.44. The molecule has 1 saturated heterocycles. The average molecular weight is 459 g/mol. The van der Waals surface area contributed by atoms with Crippen LogP contribution in [0, 0.1) is 6.92 Å². The van der Waals surface area contributed by atoms with Crippen molar-refractivity contribution in [3.05, 3.63) is 64.6 Å². The number of nitrogens with one attached hydrogen (secondary N) is 2. The summed E-state index contributed by atoms with van der Waals surface area (Å²) in [6, 6.07) is 9.62. The second-order valence-corrected chi connectivity index (χ2v) is 8.30. The maximum atomic E-state index is 12.9. The Balaban J connectivity index is 1.51. The molecule has 4 rings (SSSR count). The molecule has 2 N–H and O–H groups in total. The Hall–Kier alpha value is -2.61. The second-order valence-electron chi connectivity index (χ2n) is 7.60. The number of aryl methyl sites for hydroxylation is 1. The summed E-state index contributed by atoms with van der Waals surface area (Å²) in [5, 5.41) is 11.3. The van der Waals surface area contributed by atoms with Crippen LogP contribution in [0.5, 0.6) is 0 Å². The molecule has 1 aliphatic heterocycles. The average Bonchev–Trinajstić information content (AvgIpc) is 3.41. The third kappa shape index (κ3) is 4.69. The van der Waals surface area contributed by atoms with Crippen LogP contribution in [-0.2, 0) is 5.88 Å². The molecule has 3 aromatic rings. The Labute approximate surface area is 191 Å². The number of hydrogen-bond acceptors (Lipinski definition) is 5. The van der Waals surface area contributed by atoms with Crippen molar-refractivity contribution in [3.8, 4) is 5.69 Å². The number of alkyl halides is 1. The molecule has 2 aromatic heterocycles. The largest absolute Gasteiger partial charge is 0.355 e. The van der Waals surface area contributed by atoms with E-state index in [1.807, 2.05) is 32.2 Å². The fourth-order valence-electron chi connectivity index (χ4n) is 3.77. The number of carbonyl (C=O) groups is 1. The first-order valence-electron chi connectivity index (χ1n) is 10.1. The zero-order chi connectivity index (χ0) is 22.0. The molecule has 0 spiro atoms. The summed E-state index contributed by atoms with van der Waals surface area (Å²) in [6.07, 6.45) is 4.53. The van der Waals surface area contributed by atoms with E-state index in [9.17, 15) is 4.79 Å². The summed E-state index contributed by atoms with van der Waals surface area (Å²) in [5.41, 5.74) is 3.35. The maximum Gasteiger partial charge on any atom is 0.276 e. The molecule has 0 saturated carbocycles. The minimum absolute atomic E-state index is 0.175. The topological polar surface area (TPSA) is 75.1 Å². The van der Waals surface area contributed by atoms with Crippen LogP contribution in [0.2, 0.25) is 5.02 Å². The second kappa shape index (κ2) is 9.26. The van der Waals surface area contributed by atoms with Gasteiger partial charge < -0.3 is 15.5 Å². The van der Waals surface area contributed by atoms with Gasteiger partial charge in [-0.15, -0.1) is 11.6 Å². The maximum absolute atomic E-state index is 12.9. The van der Waals surface area contributed by atoms with E-state index in [1.54, 1.807) is 29.2 Å². The predicted octanol–water partition coefficient (Wildman–Crippen LogP) is 4.02. The quantitative estimate of drug-likeness (QED) is 0.545. The van der Waals surface area contributed by atoms with E-state index in [1.165, 1.54) is 0 Å². The lowest BCUT2D eigenvalue weighted by Crippen LogP contribution is -2.30. The number of carbonyl (C=O) groups excluding carboxylic acids is 1. The van der Waals surface area contributed by atoms with Crippen LogP contribution in [0.15, 0.2) is 42.7 Å². The summed E-state index contributed by atoms with van der Waals surface area (Å²) in [7, 11) is 1.98. The standard InChI is InChI=1S/C22H24Cl2N6O/c1-14-9-18(11-26-21(14)29-8-7-17(13-29)25-2)27-22(31)20-15(10-23)12-30(28-20)19-5-3-16(24)4-6-19/h3-6,9,11-12,17,25H,7-8,10,13H2,1-2H3,(H,27,31)/t17-/m0/s1. The van der Waals surface area contributed by atoms with Crippen molar-refractivity contribution in [2.45, 2.75) is 25.3 Å². The van der Waals surface area contributed by atoms with Crippen molar-refractivity contribution >= 4 is 40.6 Å². The van der Waals surface area contributed by atoms with Crippen molar-refractivity contribution in [1.29, 1.82) is 0 Å². The highest BCUT2D eigenvalue weighted by atomic mass is 35.5. The van der Waals surface area contributed by atoms with E-state index < -0.39 is 0 Å². The highest BCUT2D eigenvalue weighted by Gasteiger charge is 2.23. The Kier molecular flexibility index (Phi) is 6.46. The van der Waals surface area contributed by atoms with Crippen LogP contribution in [0.4, 0.5) is 11.5 Å². The Morgan fingerprint density at radius 2 is 2.06 bits per heavy atom. The number of pyridine rings is 1. The van der Waals surface area contributed by atoms with Gasteiger partial charge >= 0.3 is 0 Å². The fraction of sp³-hybridized carbons (Fsp3) is 0.318. The number of amides is 1. The Bertz CT molecular complexity index is 1080. The molecule has 0 bridgehead atoms. The molecule has 31 heavy (non-hydrogen) atoms. The minimum Gasteiger partial charge on any atom is -0.355 e. The van der Waals surface area contributed by atoms with Crippen LogP contribution in [-0.4, -0.2) is 46.9 Å². The van der Waals surface area contributed by atoms with Crippen molar-refractivity contribution in [3.63, 3.8) is 0 Å². The molecular formula is C22H24Cl2N6O. The lowest BCUT2D eigenvalue weighted by atomic mass is 10.2.